The predicted molar refractivity (Wildman–Crippen MR) is 330 cm³/mol. The van der Waals surface area contributed by atoms with Crippen LogP contribution in [0.3, 0.4) is 0 Å². The Kier molecular flexibility index (Phi) is 59.9. The van der Waals surface area contributed by atoms with Crippen LogP contribution >= 0.6 is 0 Å². The molecule has 0 radical (unpaired) electrons. The lowest BCUT2D eigenvalue weighted by Crippen LogP contribution is -2.30. The van der Waals surface area contributed by atoms with E-state index >= 15 is 0 Å². The average molecular weight is 1050 g/mol. The van der Waals surface area contributed by atoms with Gasteiger partial charge in [-0.3, -0.25) is 14.4 Å². The van der Waals surface area contributed by atoms with Crippen LogP contribution in [0.4, 0.5) is 0 Å². The Labute approximate surface area is 469 Å². The van der Waals surface area contributed by atoms with E-state index in [1.54, 1.807) is 0 Å². The third-order valence-corrected chi connectivity index (χ3v) is 13.2. The fourth-order valence-corrected chi connectivity index (χ4v) is 8.45. The summed E-state index contributed by atoms with van der Waals surface area (Å²) in [5, 5.41) is 0. The van der Waals surface area contributed by atoms with Crippen molar-refractivity contribution < 1.29 is 28.6 Å². The minimum atomic E-state index is -0.799. The zero-order valence-corrected chi connectivity index (χ0v) is 49.5. The highest BCUT2D eigenvalue weighted by Gasteiger charge is 2.19. The summed E-state index contributed by atoms with van der Waals surface area (Å²) in [7, 11) is 0. The van der Waals surface area contributed by atoms with E-state index in [9.17, 15) is 14.4 Å². The van der Waals surface area contributed by atoms with Crippen molar-refractivity contribution in [2.45, 2.75) is 290 Å². The lowest BCUT2D eigenvalue weighted by molar-refractivity contribution is -0.167. The largest absolute Gasteiger partial charge is 0.462 e. The Bertz CT molecular complexity index is 1590. The van der Waals surface area contributed by atoms with Crippen LogP contribution in [0.2, 0.25) is 0 Å². The molecule has 0 aliphatic heterocycles. The molecule has 0 rings (SSSR count). The Balaban J connectivity index is 4.43. The summed E-state index contributed by atoms with van der Waals surface area (Å²) in [6.07, 6.45) is 87.6. The highest BCUT2D eigenvalue weighted by atomic mass is 16.6. The lowest BCUT2D eigenvalue weighted by atomic mass is 10.1. The van der Waals surface area contributed by atoms with Gasteiger partial charge in [-0.1, -0.05) is 251 Å². The second-order valence-corrected chi connectivity index (χ2v) is 20.6. The standard InChI is InChI=1S/C70H116O6/c1-4-7-10-13-16-19-22-25-28-30-32-33-34-35-36-37-39-40-42-45-48-51-54-57-60-63-69(72)75-66-67(65-74-68(71)62-59-56-53-50-47-44-27-24-21-18-15-12-9-6-3)76-70(73)64-61-58-55-52-49-46-43-41-38-31-29-26-23-20-17-14-11-8-5-2/h7,10,16-17,19-20,24-29,32-33,35-36,38-41,67H,4-6,8-9,11-15,18,21-23,30-31,34,37,42-66H2,1-3H3/b10-7-,19-16-,20-17-,27-24-,28-25-,29-26-,33-32-,36-35-,40-39-,41-38-. The van der Waals surface area contributed by atoms with Crippen molar-refractivity contribution in [2.75, 3.05) is 13.2 Å². The van der Waals surface area contributed by atoms with Gasteiger partial charge in [-0.15, -0.1) is 0 Å². The fraction of sp³-hybridized carbons (Fsp3) is 0.671. The first-order valence-corrected chi connectivity index (χ1v) is 31.5. The van der Waals surface area contributed by atoms with Gasteiger partial charge in [0.2, 0.25) is 0 Å². The zero-order valence-electron chi connectivity index (χ0n) is 49.5. The van der Waals surface area contributed by atoms with Gasteiger partial charge in [0.15, 0.2) is 6.10 Å². The van der Waals surface area contributed by atoms with Gasteiger partial charge >= 0.3 is 17.9 Å². The van der Waals surface area contributed by atoms with Crippen LogP contribution in [0, 0.1) is 0 Å². The maximum atomic E-state index is 12.9. The number of esters is 3. The Morgan fingerprint density at radius 1 is 0.276 bits per heavy atom. The SMILES string of the molecule is CC/C=C\C/C=C\C/C=C\C/C=C\C/C=C\C/C=C\CCCCCCCCC(=O)OCC(COC(=O)CCCCCCC/C=C\CCCCCCC)OC(=O)CCCCCCCC/C=C\C/C=C\C/C=C\CCCCC. The Hall–Kier alpha value is -4.19. The van der Waals surface area contributed by atoms with Gasteiger partial charge in [-0.05, 0) is 135 Å². The molecule has 0 heterocycles. The number of allylic oxidation sites excluding steroid dienone is 20. The summed E-state index contributed by atoms with van der Waals surface area (Å²) in [4.78, 5) is 38.3. The molecule has 0 bridgehead atoms. The van der Waals surface area contributed by atoms with Gasteiger partial charge in [-0.2, -0.15) is 0 Å². The van der Waals surface area contributed by atoms with Gasteiger partial charge in [0.25, 0.3) is 0 Å². The third-order valence-electron chi connectivity index (χ3n) is 13.2. The van der Waals surface area contributed by atoms with Crippen molar-refractivity contribution in [2.24, 2.45) is 0 Å². The summed E-state index contributed by atoms with van der Waals surface area (Å²) in [6, 6.07) is 0. The number of rotatable bonds is 56. The van der Waals surface area contributed by atoms with Crippen molar-refractivity contribution in [1.29, 1.82) is 0 Å². The van der Waals surface area contributed by atoms with E-state index < -0.39 is 6.10 Å². The number of carbonyl (C=O) groups excluding carboxylic acids is 3. The first-order valence-electron chi connectivity index (χ1n) is 31.5. The van der Waals surface area contributed by atoms with Crippen LogP contribution in [-0.2, 0) is 28.6 Å². The smallest absolute Gasteiger partial charge is 0.306 e. The molecule has 0 aliphatic carbocycles. The highest BCUT2D eigenvalue weighted by molar-refractivity contribution is 5.71. The van der Waals surface area contributed by atoms with Gasteiger partial charge in [0.05, 0.1) is 0 Å². The van der Waals surface area contributed by atoms with Crippen LogP contribution < -0.4 is 0 Å². The van der Waals surface area contributed by atoms with E-state index in [-0.39, 0.29) is 31.1 Å². The molecule has 0 saturated heterocycles. The fourth-order valence-electron chi connectivity index (χ4n) is 8.45. The minimum Gasteiger partial charge on any atom is -0.462 e. The first-order chi connectivity index (χ1) is 37.5. The maximum Gasteiger partial charge on any atom is 0.306 e. The van der Waals surface area contributed by atoms with E-state index in [0.717, 1.165) is 141 Å². The number of hydrogen-bond donors (Lipinski definition) is 0. The van der Waals surface area contributed by atoms with E-state index in [2.05, 4.69) is 142 Å². The maximum absolute atomic E-state index is 12.9. The van der Waals surface area contributed by atoms with Crippen LogP contribution in [0.1, 0.15) is 284 Å². The molecule has 0 aliphatic rings. The van der Waals surface area contributed by atoms with Crippen LogP contribution in [0.5, 0.6) is 0 Å². The van der Waals surface area contributed by atoms with Crippen LogP contribution in [-0.4, -0.2) is 37.2 Å². The number of hydrogen-bond acceptors (Lipinski definition) is 6. The normalized spacial score (nSPS) is 12.9. The molecule has 6 nitrogen and oxygen atoms in total. The molecule has 0 aromatic carbocycles. The van der Waals surface area contributed by atoms with Crippen LogP contribution in [0.25, 0.3) is 0 Å². The average Bonchev–Trinajstić information content (AvgIpc) is 3.42. The molecule has 1 atom stereocenters. The predicted octanol–water partition coefficient (Wildman–Crippen LogP) is 21.6. The molecular formula is C70H116O6. The second-order valence-electron chi connectivity index (χ2n) is 20.6. The van der Waals surface area contributed by atoms with E-state index in [1.165, 1.54) is 103 Å². The Morgan fingerprint density at radius 2 is 0.513 bits per heavy atom. The summed E-state index contributed by atoms with van der Waals surface area (Å²) in [5.74, 6) is -0.927. The monoisotopic (exact) mass is 1050 g/mol. The van der Waals surface area contributed by atoms with E-state index in [0.29, 0.717) is 19.3 Å². The number of unbranched alkanes of at least 4 members (excludes halogenated alkanes) is 25. The first kappa shape index (κ1) is 71.8. The Morgan fingerprint density at radius 3 is 0.842 bits per heavy atom. The van der Waals surface area contributed by atoms with Crippen molar-refractivity contribution in [1.82, 2.24) is 0 Å². The molecule has 0 saturated carbocycles. The molecule has 1 unspecified atom stereocenters. The molecule has 0 amide bonds. The summed E-state index contributed by atoms with van der Waals surface area (Å²) < 4.78 is 16.9. The molecule has 76 heavy (non-hydrogen) atoms. The molecule has 0 aromatic rings. The molecule has 0 fully saturated rings. The quantitative estimate of drug-likeness (QED) is 0.0261. The summed E-state index contributed by atoms with van der Waals surface area (Å²) in [5.41, 5.74) is 0. The van der Waals surface area contributed by atoms with Gasteiger partial charge in [0, 0.05) is 19.3 Å². The molecular weight excluding hydrogens is 937 g/mol. The van der Waals surface area contributed by atoms with Crippen molar-refractivity contribution in [3.63, 3.8) is 0 Å². The topological polar surface area (TPSA) is 78.9 Å². The molecule has 0 spiro atoms. The zero-order chi connectivity index (χ0) is 55.0. The van der Waals surface area contributed by atoms with Crippen molar-refractivity contribution in [3.05, 3.63) is 122 Å². The van der Waals surface area contributed by atoms with Crippen LogP contribution in [0.15, 0.2) is 122 Å². The van der Waals surface area contributed by atoms with Gasteiger partial charge in [-0.25, -0.2) is 0 Å². The molecule has 0 aromatic heterocycles. The molecule has 0 N–H and O–H groups in total. The molecule has 6 heteroatoms. The van der Waals surface area contributed by atoms with Crippen molar-refractivity contribution in [3.8, 4) is 0 Å². The highest BCUT2D eigenvalue weighted by Crippen LogP contribution is 2.14. The van der Waals surface area contributed by atoms with E-state index in [4.69, 9.17) is 14.2 Å². The van der Waals surface area contributed by atoms with Gasteiger partial charge in [0.1, 0.15) is 13.2 Å². The molecule has 432 valence electrons. The second kappa shape index (κ2) is 63.3. The summed E-state index contributed by atoms with van der Waals surface area (Å²) in [6.45, 7) is 6.47. The lowest BCUT2D eigenvalue weighted by Gasteiger charge is -2.18. The minimum absolute atomic E-state index is 0.0946. The van der Waals surface area contributed by atoms with E-state index in [1.807, 2.05) is 0 Å². The number of carbonyl (C=O) groups is 3. The third kappa shape index (κ3) is 60.7. The van der Waals surface area contributed by atoms with Crippen molar-refractivity contribution >= 4 is 17.9 Å². The van der Waals surface area contributed by atoms with Gasteiger partial charge < -0.3 is 14.2 Å². The number of ether oxygens (including phenoxy) is 3. The summed E-state index contributed by atoms with van der Waals surface area (Å²) >= 11 is 0.